The molecule has 1 aromatic carbocycles. The Hall–Kier alpha value is -1.27. The van der Waals surface area contributed by atoms with Gasteiger partial charge in [-0.15, -0.1) is 0 Å². The first-order chi connectivity index (χ1) is 8.78. The van der Waals surface area contributed by atoms with Gasteiger partial charge in [0.25, 0.3) is 10.1 Å². The predicted octanol–water partition coefficient (Wildman–Crippen LogP) is 2.37. The molecule has 0 aromatic heterocycles. The van der Waals surface area contributed by atoms with E-state index in [1.807, 2.05) is 24.3 Å². The number of benzene rings is 1. The molecule has 1 aromatic rings. The zero-order valence-electron chi connectivity index (χ0n) is 11.3. The van der Waals surface area contributed by atoms with Crippen LogP contribution in [0.5, 0.6) is 0 Å². The van der Waals surface area contributed by atoms with Crippen molar-refractivity contribution in [3.05, 3.63) is 24.3 Å². The number of hydrogen-bond donors (Lipinski definition) is 3. The van der Waals surface area contributed by atoms with Gasteiger partial charge in [-0.3, -0.25) is 4.55 Å². The van der Waals surface area contributed by atoms with Crippen molar-refractivity contribution < 1.29 is 13.0 Å². The maximum atomic E-state index is 10.6. The summed E-state index contributed by atoms with van der Waals surface area (Å²) in [6.45, 7) is 4.10. The first-order valence-corrected chi connectivity index (χ1v) is 7.96. The van der Waals surface area contributed by atoms with Crippen molar-refractivity contribution >= 4 is 21.5 Å². The third kappa shape index (κ3) is 6.45. The van der Waals surface area contributed by atoms with Gasteiger partial charge in [0.2, 0.25) is 0 Å². The van der Waals surface area contributed by atoms with Gasteiger partial charge in [0, 0.05) is 17.4 Å². The zero-order chi connectivity index (χ0) is 14.5. The third-order valence-corrected chi connectivity index (χ3v) is 4.02. The molecule has 0 fully saturated rings. The van der Waals surface area contributed by atoms with Crippen LogP contribution in [-0.2, 0) is 10.1 Å². The van der Waals surface area contributed by atoms with Crippen LogP contribution in [0.25, 0.3) is 0 Å². The summed E-state index contributed by atoms with van der Waals surface area (Å²) in [6.07, 6.45) is 1.21. The molecule has 0 bridgehead atoms. The molecule has 2 atom stereocenters. The Labute approximate surface area is 115 Å². The number of nitrogens with two attached hydrogens (primary N) is 1. The van der Waals surface area contributed by atoms with Crippen molar-refractivity contribution in [3.8, 4) is 0 Å². The Morgan fingerprint density at radius 2 is 1.84 bits per heavy atom. The summed E-state index contributed by atoms with van der Waals surface area (Å²) < 4.78 is 29.9. The Balaban J connectivity index is 2.40. The largest absolute Gasteiger partial charge is 0.399 e. The summed E-state index contributed by atoms with van der Waals surface area (Å²) in [7, 11) is -3.84. The minimum absolute atomic E-state index is 0.175. The molecule has 19 heavy (non-hydrogen) atoms. The van der Waals surface area contributed by atoms with Crippen LogP contribution in [0, 0.1) is 5.92 Å². The number of anilines is 2. The van der Waals surface area contributed by atoms with Crippen LogP contribution < -0.4 is 11.1 Å². The van der Waals surface area contributed by atoms with E-state index in [0.29, 0.717) is 12.3 Å². The van der Waals surface area contributed by atoms with Gasteiger partial charge in [-0.25, -0.2) is 0 Å². The highest BCUT2D eigenvalue weighted by Crippen LogP contribution is 2.17. The predicted molar refractivity (Wildman–Crippen MR) is 78.8 cm³/mol. The lowest BCUT2D eigenvalue weighted by molar-refractivity contribution is 0.451. The highest BCUT2D eigenvalue weighted by atomic mass is 32.2. The second-order valence-corrected chi connectivity index (χ2v) is 6.53. The second-order valence-electron chi connectivity index (χ2n) is 4.96. The number of nitrogen functional groups attached to an aromatic ring is 1. The van der Waals surface area contributed by atoms with Crippen LogP contribution in [0.3, 0.4) is 0 Å². The van der Waals surface area contributed by atoms with Crippen molar-refractivity contribution in [1.29, 1.82) is 0 Å². The molecule has 4 N–H and O–H groups in total. The van der Waals surface area contributed by atoms with Gasteiger partial charge in [-0.2, -0.15) is 8.42 Å². The van der Waals surface area contributed by atoms with E-state index in [4.69, 9.17) is 10.3 Å². The van der Waals surface area contributed by atoms with E-state index in [2.05, 4.69) is 19.2 Å². The van der Waals surface area contributed by atoms with E-state index in [0.717, 1.165) is 17.8 Å². The molecule has 0 saturated heterocycles. The van der Waals surface area contributed by atoms with E-state index in [-0.39, 0.29) is 11.8 Å². The molecular weight excluding hydrogens is 264 g/mol. The summed E-state index contributed by atoms with van der Waals surface area (Å²) in [5.41, 5.74) is 7.33. The normalized spacial score (nSPS) is 14.9. The highest BCUT2D eigenvalue weighted by Gasteiger charge is 2.13. The summed E-state index contributed by atoms with van der Waals surface area (Å²) in [4.78, 5) is 0. The molecule has 0 radical (unpaired) electrons. The van der Waals surface area contributed by atoms with Gasteiger partial charge in [0.15, 0.2) is 0 Å². The standard InChI is InChI=1S/C13H22N2O3S/c1-10(4-3-9-19(16,17)18)11(2)15-13-7-5-12(14)6-8-13/h5-8,10-11,15H,3-4,9,14H2,1-2H3,(H,16,17,18). The molecule has 6 heteroatoms. The number of hydrogen-bond acceptors (Lipinski definition) is 4. The molecule has 0 saturated carbocycles. The van der Waals surface area contributed by atoms with Crippen LogP contribution in [0.2, 0.25) is 0 Å². The molecule has 0 aliphatic heterocycles. The summed E-state index contributed by atoms with van der Waals surface area (Å²) in [5.74, 6) is 0.130. The maximum Gasteiger partial charge on any atom is 0.264 e. The van der Waals surface area contributed by atoms with Crippen LogP contribution in [0.1, 0.15) is 26.7 Å². The summed E-state index contributed by atoms with van der Waals surface area (Å²) in [6, 6.07) is 7.70. The fraction of sp³-hybridized carbons (Fsp3) is 0.538. The summed E-state index contributed by atoms with van der Waals surface area (Å²) in [5, 5.41) is 3.35. The number of rotatable bonds is 7. The van der Waals surface area contributed by atoms with Crippen molar-refractivity contribution in [2.75, 3.05) is 16.8 Å². The topological polar surface area (TPSA) is 92.4 Å². The first-order valence-electron chi connectivity index (χ1n) is 6.35. The molecule has 1 rings (SSSR count). The first kappa shape index (κ1) is 15.8. The SMILES string of the molecule is CC(CCCS(=O)(=O)O)C(C)Nc1ccc(N)cc1. The molecular formula is C13H22N2O3S. The monoisotopic (exact) mass is 286 g/mol. The average molecular weight is 286 g/mol. The lowest BCUT2D eigenvalue weighted by atomic mass is 9.98. The number of nitrogens with one attached hydrogen (secondary N) is 1. The van der Waals surface area contributed by atoms with E-state index in [9.17, 15) is 8.42 Å². The maximum absolute atomic E-state index is 10.6. The van der Waals surface area contributed by atoms with Gasteiger partial charge in [-0.1, -0.05) is 6.92 Å². The lowest BCUT2D eigenvalue weighted by Gasteiger charge is -2.22. The third-order valence-electron chi connectivity index (χ3n) is 3.22. The van der Waals surface area contributed by atoms with Crippen LogP contribution >= 0.6 is 0 Å². The molecule has 0 amide bonds. The van der Waals surface area contributed by atoms with Crippen molar-refractivity contribution in [2.24, 2.45) is 5.92 Å². The molecule has 0 spiro atoms. The quantitative estimate of drug-likeness (QED) is 0.528. The fourth-order valence-corrected chi connectivity index (χ4v) is 2.35. The minimum atomic E-state index is -3.84. The Bertz CT molecular complexity index is 485. The average Bonchev–Trinajstić information content (AvgIpc) is 2.30. The minimum Gasteiger partial charge on any atom is -0.399 e. The highest BCUT2D eigenvalue weighted by molar-refractivity contribution is 7.85. The van der Waals surface area contributed by atoms with E-state index < -0.39 is 10.1 Å². The van der Waals surface area contributed by atoms with Crippen LogP contribution in [0.15, 0.2) is 24.3 Å². The van der Waals surface area contributed by atoms with Gasteiger partial charge in [0.1, 0.15) is 0 Å². The molecule has 108 valence electrons. The smallest absolute Gasteiger partial charge is 0.264 e. The van der Waals surface area contributed by atoms with Gasteiger partial charge in [0.05, 0.1) is 5.75 Å². The Kier molecular flexibility index (Phi) is 5.62. The lowest BCUT2D eigenvalue weighted by Crippen LogP contribution is -2.24. The van der Waals surface area contributed by atoms with Gasteiger partial charge in [-0.05, 0) is 49.9 Å². The van der Waals surface area contributed by atoms with Crippen molar-refractivity contribution in [2.45, 2.75) is 32.7 Å². The summed E-state index contributed by atoms with van der Waals surface area (Å²) >= 11 is 0. The van der Waals surface area contributed by atoms with E-state index in [1.54, 1.807) is 0 Å². The second kappa shape index (κ2) is 6.77. The molecule has 5 nitrogen and oxygen atoms in total. The zero-order valence-corrected chi connectivity index (χ0v) is 12.2. The fourth-order valence-electron chi connectivity index (χ4n) is 1.82. The van der Waals surface area contributed by atoms with Crippen molar-refractivity contribution in [1.82, 2.24) is 0 Å². The van der Waals surface area contributed by atoms with Gasteiger partial charge < -0.3 is 11.1 Å². The molecule has 2 unspecified atom stereocenters. The molecule has 0 heterocycles. The van der Waals surface area contributed by atoms with E-state index in [1.165, 1.54) is 0 Å². The molecule has 0 aliphatic rings. The van der Waals surface area contributed by atoms with Crippen LogP contribution in [0.4, 0.5) is 11.4 Å². The van der Waals surface area contributed by atoms with Gasteiger partial charge >= 0.3 is 0 Å². The molecule has 0 aliphatic carbocycles. The van der Waals surface area contributed by atoms with E-state index >= 15 is 0 Å². The van der Waals surface area contributed by atoms with Crippen LogP contribution in [-0.4, -0.2) is 24.8 Å². The Morgan fingerprint density at radius 1 is 1.26 bits per heavy atom. The Morgan fingerprint density at radius 3 is 2.37 bits per heavy atom. The van der Waals surface area contributed by atoms with Crippen molar-refractivity contribution in [3.63, 3.8) is 0 Å².